The van der Waals surface area contributed by atoms with Crippen LogP contribution in [0.2, 0.25) is 0 Å². The van der Waals surface area contributed by atoms with E-state index in [1.54, 1.807) is 4.90 Å². The molecular formula is C15H13F6N5OS. The number of amides is 1. The topological polar surface area (TPSA) is 84.1 Å². The summed E-state index contributed by atoms with van der Waals surface area (Å²) in [6.07, 6.45) is -8.35. The van der Waals surface area contributed by atoms with Crippen molar-refractivity contribution in [3.63, 3.8) is 0 Å². The van der Waals surface area contributed by atoms with Gasteiger partial charge < -0.3 is 5.73 Å². The second-order valence-corrected chi connectivity index (χ2v) is 6.90. The summed E-state index contributed by atoms with van der Waals surface area (Å²) in [5.74, 6) is -0.652. The zero-order valence-corrected chi connectivity index (χ0v) is 14.7. The summed E-state index contributed by atoms with van der Waals surface area (Å²) in [5.41, 5.74) is 4.31. The minimum Gasteiger partial charge on any atom is -0.368 e. The number of pyridine rings is 1. The number of hydrogen-bond acceptors (Lipinski definition) is 6. The normalized spacial score (nSPS) is 19.7. The molecule has 152 valence electrons. The van der Waals surface area contributed by atoms with Crippen LogP contribution in [0.5, 0.6) is 0 Å². The molecule has 2 aromatic heterocycles. The van der Waals surface area contributed by atoms with Crippen LogP contribution in [0.3, 0.4) is 0 Å². The Balaban J connectivity index is 1.98. The lowest BCUT2D eigenvalue weighted by molar-refractivity contribution is -0.141. The van der Waals surface area contributed by atoms with E-state index >= 15 is 0 Å². The van der Waals surface area contributed by atoms with Gasteiger partial charge in [0.05, 0.1) is 11.7 Å². The Morgan fingerprint density at radius 3 is 2.43 bits per heavy atom. The van der Waals surface area contributed by atoms with Gasteiger partial charge in [0.15, 0.2) is 5.01 Å². The molecule has 13 heteroatoms. The number of aromatic nitrogens is 2. The smallest absolute Gasteiger partial charge is 0.368 e. The number of halogens is 6. The van der Waals surface area contributed by atoms with Crippen molar-refractivity contribution in [3.8, 4) is 0 Å². The molecule has 3 rings (SSSR count). The van der Waals surface area contributed by atoms with E-state index in [0.717, 1.165) is 18.3 Å². The van der Waals surface area contributed by atoms with Crippen molar-refractivity contribution in [3.05, 3.63) is 45.7 Å². The third-order valence-corrected chi connectivity index (χ3v) is 5.01. The number of carbonyl (C=O) groups excluding carboxylic acids is 1. The summed E-state index contributed by atoms with van der Waals surface area (Å²) in [6, 6.07) is 0.198. The van der Waals surface area contributed by atoms with Crippen LogP contribution in [0, 0.1) is 0 Å². The van der Waals surface area contributed by atoms with Gasteiger partial charge in [-0.3, -0.25) is 20.0 Å². The van der Waals surface area contributed by atoms with Gasteiger partial charge >= 0.3 is 12.4 Å². The molecule has 0 bridgehead atoms. The van der Waals surface area contributed by atoms with Gasteiger partial charge in [-0.1, -0.05) is 6.07 Å². The molecule has 2 aromatic rings. The maximum absolute atomic E-state index is 12.9. The molecule has 1 aliphatic heterocycles. The highest BCUT2D eigenvalue weighted by Crippen LogP contribution is 2.37. The summed E-state index contributed by atoms with van der Waals surface area (Å²) in [5, 5.41) is 2.91. The number of nitrogens with one attached hydrogen (secondary N) is 1. The first kappa shape index (κ1) is 20.5. The predicted octanol–water partition coefficient (Wildman–Crippen LogP) is 2.38. The van der Waals surface area contributed by atoms with E-state index in [1.165, 1.54) is 5.38 Å². The van der Waals surface area contributed by atoms with E-state index in [2.05, 4.69) is 15.3 Å². The van der Waals surface area contributed by atoms with Crippen molar-refractivity contribution in [2.75, 3.05) is 13.2 Å². The van der Waals surface area contributed by atoms with Gasteiger partial charge in [-0.25, -0.2) is 4.98 Å². The van der Waals surface area contributed by atoms with Gasteiger partial charge in [0.25, 0.3) is 0 Å². The second-order valence-electron chi connectivity index (χ2n) is 6.04. The summed E-state index contributed by atoms with van der Waals surface area (Å²) in [7, 11) is 0. The van der Waals surface area contributed by atoms with Crippen molar-refractivity contribution in [1.82, 2.24) is 20.2 Å². The van der Waals surface area contributed by atoms with Gasteiger partial charge in [-0.2, -0.15) is 26.3 Å². The van der Waals surface area contributed by atoms with Crippen molar-refractivity contribution >= 4 is 17.2 Å². The fourth-order valence-corrected chi connectivity index (χ4v) is 3.53. The van der Waals surface area contributed by atoms with Crippen molar-refractivity contribution < 1.29 is 31.1 Å². The molecule has 1 fully saturated rings. The molecule has 6 nitrogen and oxygen atoms in total. The van der Waals surface area contributed by atoms with Crippen molar-refractivity contribution in [1.29, 1.82) is 0 Å². The highest BCUT2D eigenvalue weighted by molar-refractivity contribution is 7.09. The fraction of sp³-hybridized carbons (Fsp3) is 0.400. The largest absolute Gasteiger partial charge is 0.443 e. The van der Waals surface area contributed by atoms with Gasteiger partial charge in [0.2, 0.25) is 5.91 Å². The van der Waals surface area contributed by atoms with Gasteiger partial charge in [0.1, 0.15) is 11.7 Å². The standard InChI is InChI=1S/C15H13F6N5OS/c16-14(17,18)10-2-1-7(3-23-10)11(26-4-8(12(22)27)24-6-26)9-5-28-13(25-9)15(19,20)21/h1-3,5,8,11,24H,4,6H2,(H2,22,27)/t8?,11-/m1/s1. The number of carbonyl (C=O) groups is 1. The first-order chi connectivity index (χ1) is 13.0. The molecule has 1 aliphatic rings. The molecule has 3 N–H and O–H groups in total. The number of alkyl halides is 6. The second kappa shape index (κ2) is 7.29. The van der Waals surface area contributed by atoms with Crippen LogP contribution in [0.15, 0.2) is 23.7 Å². The molecule has 28 heavy (non-hydrogen) atoms. The molecule has 0 aliphatic carbocycles. The average molecular weight is 425 g/mol. The Kier molecular flexibility index (Phi) is 5.34. The van der Waals surface area contributed by atoms with Crippen LogP contribution in [-0.2, 0) is 17.1 Å². The maximum Gasteiger partial charge on any atom is 0.443 e. The first-order valence-electron chi connectivity index (χ1n) is 7.79. The first-order valence-corrected chi connectivity index (χ1v) is 8.67. The van der Waals surface area contributed by atoms with Crippen LogP contribution in [0.1, 0.15) is 28.0 Å². The number of nitrogens with zero attached hydrogens (tertiary/aromatic N) is 3. The minimum atomic E-state index is -4.65. The van der Waals surface area contributed by atoms with E-state index in [0.29, 0.717) is 11.3 Å². The van der Waals surface area contributed by atoms with Gasteiger partial charge in [-0.05, 0) is 11.6 Å². The predicted molar refractivity (Wildman–Crippen MR) is 85.9 cm³/mol. The minimum absolute atomic E-state index is 0.00851. The van der Waals surface area contributed by atoms with Crippen LogP contribution in [0.25, 0.3) is 0 Å². The third kappa shape index (κ3) is 4.25. The van der Waals surface area contributed by atoms with Gasteiger partial charge in [-0.15, -0.1) is 11.3 Å². The van der Waals surface area contributed by atoms with E-state index in [4.69, 9.17) is 5.73 Å². The number of hydrogen-bond donors (Lipinski definition) is 2. The molecule has 0 aromatic carbocycles. The zero-order valence-electron chi connectivity index (χ0n) is 13.9. The summed E-state index contributed by atoms with van der Waals surface area (Å²) in [4.78, 5) is 19.9. The Hall–Kier alpha value is -2.25. The maximum atomic E-state index is 12.9. The molecule has 2 atom stereocenters. The monoisotopic (exact) mass is 425 g/mol. The quantitative estimate of drug-likeness (QED) is 0.735. The average Bonchev–Trinajstić information content (AvgIpc) is 3.24. The van der Waals surface area contributed by atoms with E-state index in [9.17, 15) is 31.1 Å². The van der Waals surface area contributed by atoms with Crippen molar-refractivity contribution in [2.45, 2.75) is 24.4 Å². The molecule has 0 radical (unpaired) electrons. The summed E-state index contributed by atoms with van der Waals surface area (Å²) < 4.78 is 77.0. The third-order valence-electron chi connectivity index (χ3n) is 4.10. The van der Waals surface area contributed by atoms with Crippen LogP contribution >= 0.6 is 11.3 Å². The fourth-order valence-electron chi connectivity index (χ4n) is 2.82. The van der Waals surface area contributed by atoms with Gasteiger partial charge in [0, 0.05) is 24.8 Å². The molecule has 3 heterocycles. The Bertz CT molecular complexity index is 850. The summed E-state index contributed by atoms with van der Waals surface area (Å²) in [6.45, 7) is 0.137. The van der Waals surface area contributed by atoms with E-state index < -0.39 is 41.0 Å². The van der Waals surface area contributed by atoms with Crippen LogP contribution in [0.4, 0.5) is 26.3 Å². The lowest BCUT2D eigenvalue weighted by Gasteiger charge is -2.26. The SMILES string of the molecule is NC(=O)C1CN([C@H](c2ccc(C(F)(F)F)nc2)c2csc(C(F)(F)F)n2)CN1. The molecule has 1 unspecified atom stereocenters. The Morgan fingerprint density at radius 1 is 1.25 bits per heavy atom. The van der Waals surface area contributed by atoms with Crippen molar-refractivity contribution in [2.24, 2.45) is 5.73 Å². The highest BCUT2D eigenvalue weighted by Gasteiger charge is 2.39. The van der Waals surface area contributed by atoms with Crippen LogP contribution < -0.4 is 11.1 Å². The number of nitrogens with two attached hydrogens (primary N) is 1. The Labute approximate surface area is 158 Å². The van der Waals surface area contributed by atoms with E-state index in [-0.39, 0.29) is 24.5 Å². The summed E-state index contributed by atoms with van der Waals surface area (Å²) >= 11 is 0.378. The lowest BCUT2D eigenvalue weighted by atomic mass is 10.0. The lowest BCUT2D eigenvalue weighted by Crippen LogP contribution is -2.38. The number of thiazole rings is 1. The zero-order chi connectivity index (χ0) is 20.7. The molecular weight excluding hydrogens is 412 g/mol. The number of rotatable bonds is 4. The Morgan fingerprint density at radius 2 is 1.96 bits per heavy atom. The van der Waals surface area contributed by atoms with E-state index in [1.807, 2.05) is 0 Å². The molecule has 1 saturated heterocycles. The molecule has 0 saturated carbocycles. The highest BCUT2D eigenvalue weighted by atomic mass is 32.1. The molecule has 0 spiro atoms. The molecule has 1 amide bonds. The number of primary amides is 1. The van der Waals surface area contributed by atoms with Crippen LogP contribution in [-0.4, -0.2) is 40.0 Å².